The van der Waals surface area contributed by atoms with Crippen LogP contribution in [0.2, 0.25) is 0 Å². The third kappa shape index (κ3) is 3.66. The Morgan fingerprint density at radius 3 is 2.62 bits per heavy atom. The number of anilines is 1. The van der Waals surface area contributed by atoms with Crippen LogP contribution in [0.3, 0.4) is 0 Å². The highest BCUT2D eigenvalue weighted by molar-refractivity contribution is 9.10. The minimum atomic E-state index is 0.0526. The van der Waals surface area contributed by atoms with Gasteiger partial charge < -0.3 is 20.6 Å². The zero-order valence-corrected chi connectivity index (χ0v) is 13.3. The number of hydrogen-bond acceptors (Lipinski definition) is 4. The zero-order chi connectivity index (χ0) is 15.4. The van der Waals surface area contributed by atoms with Gasteiger partial charge in [0, 0.05) is 31.4 Å². The topological polar surface area (TPSA) is 71.1 Å². The molecule has 0 aliphatic heterocycles. The lowest BCUT2D eigenvalue weighted by atomic mass is 10.2. The van der Waals surface area contributed by atoms with E-state index in [-0.39, 0.29) is 5.84 Å². The van der Waals surface area contributed by atoms with Crippen molar-refractivity contribution in [2.24, 2.45) is 10.9 Å². The van der Waals surface area contributed by atoms with E-state index in [1.807, 2.05) is 43.3 Å². The number of ether oxygens (including phenoxy) is 1. The van der Waals surface area contributed by atoms with E-state index < -0.39 is 0 Å². The zero-order valence-electron chi connectivity index (χ0n) is 11.7. The summed E-state index contributed by atoms with van der Waals surface area (Å²) >= 11 is 3.42. The quantitative estimate of drug-likeness (QED) is 0.384. The molecule has 0 aliphatic carbocycles. The minimum Gasteiger partial charge on any atom is -0.456 e. The first-order chi connectivity index (χ1) is 10.0. The molecule has 2 aromatic carbocycles. The van der Waals surface area contributed by atoms with E-state index in [0.29, 0.717) is 11.3 Å². The van der Waals surface area contributed by atoms with Gasteiger partial charge in [-0.3, -0.25) is 0 Å². The normalized spacial score (nSPS) is 11.3. The second-order valence-electron chi connectivity index (χ2n) is 4.62. The Kier molecular flexibility index (Phi) is 4.70. The highest BCUT2D eigenvalue weighted by Gasteiger charge is 2.07. The second-order valence-corrected chi connectivity index (χ2v) is 5.48. The number of rotatable bonds is 4. The summed E-state index contributed by atoms with van der Waals surface area (Å²) in [6, 6.07) is 13.0. The van der Waals surface area contributed by atoms with E-state index in [2.05, 4.69) is 21.1 Å². The molecule has 0 saturated carbocycles. The summed E-state index contributed by atoms with van der Waals surface area (Å²) in [5.41, 5.74) is 7.21. The Morgan fingerprint density at radius 1 is 1.24 bits per heavy atom. The van der Waals surface area contributed by atoms with Gasteiger partial charge in [-0.15, -0.1) is 0 Å². The lowest BCUT2D eigenvalue weighted by Gasteiger charge is -2.14. The molecular weight excluding hydrogens is 334 g/mol. The average molecular weight is 350 g/mol. The fourth-order valence-electron chi connectivity index (χ4n) is 1.75. The monoisotopic (exact) mass is 349 g/mol. The molecule has 110 valence electrons. The number of amidine groups is 1. The van der Waals surface area contributed by atoms with Crippen molar-refractivity contribution in [3.05, 3.63) is 52.5 Å². The lowest BCUT2D eigenvalue weighted by Crippen LogP contribution is -2.12. The van der Waals surface area contributed by atoms with Crippen molar-refractivity contribution < 1.29 is 9.94 Å². The van der Waals surface area contributed by atoms with Gasteiger partial charge in [0.15, 0.2) is 5.84 Å². The molecule has 5 nitrogen and oxygen atoms in total. The van der Waals surface area contributed by atoms with Crippen LogP contribution in [0.5, 0.6) is 11.5 Å². The van der Waals surface area contributed by atoms with Crippen LogP contribution in [0.1, 0.15) is 5.56 Å². The molecule has 0 heterocycles. The molecule has 0 spiro atoms. The molecular formula is C15H16BrN3O2. The molecule has 2 aromatic rings. The van der Waals surface area contributed by atoms with Crippen molar-refractivity contribution in [1.29, 1.82) is 0 Å². The third-order valence-electron chi connectivity index (χ3n) is 2.90. The molecule has 0 radical (unpaired) electrons. The Labute approximate surface area is 131 Å². The molecule has 0 unspecified atom stereocenters. The van der Waals surface area contributed by atoms with E-state index in [0.717, 1.165) is 15.9 Å². The minimum absolute atomic E-state index is 0.0526. The van der Waals surface area contributed by atoms with Gasteiger partial charge in [0.1, 0.15) is 11.5 Å². The summed E-state index contributed by atoms with van der Waals surface area (Å²) in [5.74, 6) is 1.44. The van der Waals surface area contributed by atoms with Gasteiger partial charge in [-0.05, 0) is 46.3 Å². The number of benzene rings is 2. The summed E-state index contributed by atoms with van der Waals surface area (Å²) in [6.07, 6.45) is 0. The molecule has 0 bridgehead atoms. The molecule has 6 heteroatoms. The third-order valence-corrected chi connectivity index (χ3v) is 3.52. The van der Waals surface area contributed by atoms with Crippen LogP contribution in [0.25, 0.3) is 0 Å². The Bertz CT molecular complexity index is 672. The van der Waals surface area contributed by atoms with Crippen molar-refractivity contribution in [3.63, 3.8) is 0 Å². The van der Waals surface area contributed by atoms with Crippen molar-refractivity contribution in [1.82, 2.24) is 0 Å². The molecule has 0 amide bonds. The van der Waals surface area contributed by atoms with Crippen LogP contribution >= 0.6 is 15.9 Å². The Hall–Kier alpha value is -2.21. The molecule has 3 N–H and O–H groups in total. The fraction of sp³-hybridized carbons (Fsp3) is 0.133. The van der Waals surface area contributed by atoms with Gasteiger partial charge in [-0.25, -0.2) is 0 Å². The SMILES string of the molecule is CN(C)c1cccc(Oc2ccc(/C(N)=N/O)cc2Br)c1. The summed E-state index contributed by atoms with van der Waals surface area (Å²) in [5, 5.41) is 11.6. The van der Waals surface area contributed by atoms with Crippen molar-refractivity contribution in [3.8, 4) is 11.5 Å². The van der Waals surface area contributed by atoms with E-state index in [4.69, 9.17) is 15.7 Å². The summed E-state index contributed by atoms with van der Waals surface area (Å²) in [7, 11) is 3.95. The predicted molar refractivity (Wildman–Crippen MR) is 87.5 cm³/mol. The highest BCUT2D eigenvalue weighted by atomic mass is 79.9. The van der Waals surface area contributed by atoms with Crippen LogP contribution in [0, 0.1) is 0 Å². The number of oxime groups is 1. The summed E-state index contributed by atoms with van der Waals surface area (Å²) in [6.45, 7) is 0. The first-order valence-electron chi connectivity index (χ1n) is 6.24. The molecule has 2 rings (SSSR count). The number of hydrogen-bond donors (Lipinski definition) is 2. The van der Waals surface area contributed by atoms with Gasteiger partial charge >= 0.3 is 0 Å². The second kappa shape index (κ2) is 6.49. The van der Waals surface area contributed by atoms with Crippen LogP contribution in [-0.4, -0.2) is 25.1 Å². The maximum Gasteiger partial charge on any atom is 0.170 e. The van der Waals surface area contributed by atoms with Crippen molar-refractivity contribution >= 4 is 27.5 Å². The largest absolute Gasteiger partial charge is 0.456 e. The Balaban J connectivity index is 2.26. The smallest absolute Gasteiger partial charge is 0.170 e. The molecule has 0 aromatic heterocycles. The molecule has 0 atom stereocenters. The van der Waals surface area contributed by atoms with Gasteiger partial charge in [-0.2, -0.15) is 0 Å². The molecule has 21 heavy (non-hydrogen) atoms. The van der Waals surface area contributed by atoms with E-state index in [1.54, 1.807) is 18.2 Å². The van der Waals surface area contributed by atoms with E-state index in [9.17, 15) is 0 Å². The molecule has 0 fully saturated rings. The predicted octanol–water partition coefficient (Wildman–Crippen LogP) is 3.40. The Morgan fingerprint density at radius 2 is 2.00 bits per heavy atom. The summed E-state index contributed by atoms with van der Waals surface area (Å²) in [4.78, 5) is 2.00. The fourth-order valence-corrected chi connectivity index (χ4v) is 2.21. The van der Waals surface area contributed by atoms with Crippen molar-refractivity contribution in [2.75, 3.05) is 19.0 Å². The molecule has 0 aliphatic rings. The highest BCUT2D eigenvalue weighted by Crippen LogP contribution is 2.31. The number of halogens is 1. The van der Waals surface area contributed by atoms with Gasteiger partial charge in [-0.1, -0.05) is 11.2 Å². The maximum absolute atomic E-state index is 8.68. The van der Waals surface area contributed by atoms with Crippen LogP contribution in [-0.2, 0) is 0 Å². The van der Waals surface area contributed by atoms with E-state index in [1.165, 1.54) is 0 Å². The van der Waals surface area contributed by atoms with Crippen LogP contribution < -0.4 is 15.4 Å². The molecule has 0 saturated heterocycles. The first-order valence-corrected chi connectivity index (χ1v) is 7.03. The standard InChI is InChI=1S/C15H16BrN3O2/c1-19(2)11-4-3-5-12(9-11)21-14-7-6-10(8-13(14)16)15(17)18-20/h3-9,20H,1-2H3,(H2,17,18). The average Bonchev–Trinajstić information content (AvgIpc) is 2.48. The van der Waals surface area contributed by atoms with Gasteiger partial charge in [0.05, 0.1) is 4.47 Å². The summed E-state index contributed by atoms with van der Waals surface area (Å²) < 4.78 is 6.58. The lowest BCUT2D eigenvalue weighted by molar-refractivity contribution is 0.318. The maximum atomic E-state index is 8.68. The van der Waals surface area contributed by atoms with Crippen LogP contribution in [0.4, 0.5) is 5.69 Å². The van der Waals surface area contributed by atoms with Crippen LogP contribution in [0.15, 0.2) is 52.1 Å². The van der Waals surface area contributed by atoms with Gasteiger partial charge in [0.2, 0.25) is 0 Å². The van der Waals surface area contributed by atoms with E-state index >= 15 is 0 Å². The van der Waals surface area contributed by atoms with Gasteiger partial charge in [0.25, 0.3) is 0 Å². The number of nitrogens with zero attached hydrogens (tertiary/aromatic N) is 2. The van der Waals surface area contributed by atoms with Crippen molar-refractivity contribution in [2.45, 2.75) is 0 Å². The first kappa shape index (κ1) is 15.2. The number of nitrogens with two attached hydrogens (primary N) is 1.